The Kier molecular flexibility index (Phi) is 4.82. The number of pyridine rings is 1. The standard InChI is InChI=1S/C19H17N3OS/c1-24-16-5-2-14(3-6-16)19(23)22-18-12-15(4-7-17(18)20)13-8-10-21-11-9-13/h2-12H,20H2,1H3,(H,22,23). The summed E-state index contributed by atoms with van der Waals surface area (Å²) in [5, 5.41) is 2.89. The summed E-state index contributed by atoms with van der Waals surface area (Å²) >= 11 is 1.64. The van der Waals surface area contributed by atoms with Crippen LogP contribution in [-0.2, 0) is 0 Å². The predicted molar refractivity (Wildman–Crippen MR) is 100 cm³/mol. The molecule has 0 atom stereocenters. The summed E-state index contributed by atoms with van der Waals surface area (Å²) in [4.78, 5) is 17.6. The molecule has 0 spiro atoms. The van der Waals surface area contributed by atoms with Crippen LogP contribution in [-0.4, -0.2) is 17.1 Å². The van der Waals surface area contributed by atoms with Gasteiger partial charge in [0.25, 0.3) is 5.91 Å². The molecule has 1 heterocycles. The molecule has 0 aliphatic carbocycles. The number of anilines is 2. The van der Waals surface area contributed by atoms with Gasteiger partial charge in [-0.05, 0) is 65.9 Å². The smallest absolute Gasteiger partial charge is 0.255 e. The van der Waals surface area contributed by atoms with Crippen LogP contribution in [0.15, 0.2) is 71.9 Å². The molecule has 4 nitrogen and oxygen atoms in total. The van der Waals surface area contributed by atoms with Gasteiger partial charge < -0.3 is 11.1 Å². The van der Waals surface area contributed by atoms with Crippen LogP contribution in [0.25, 0.3) is 11.1 Å². The molecule has 1 aromatic heterocycles. The van der Waals surface area contributed by atoms with Crippen LogP contribution < -0.4 is 11.1 Å². The fourth-order valence-electron chi connectivity index (χ4n) is 2.33. The number of nitrogen functional groups attached to an aromatic ring is 1. The number of benzene rings is 2. The second-order valence-corrected chi connectivity index (χ2v) is 6.10. The number of thioether (sulfide) groups is 1. The number of hydrogen-bond acceptors (Lipinski definition) is 4. The van der Waals surface area contributed by atoms with Crippen molar-refractivity contribution in [3.63, 3.8) is 0 Å². The average molecular weight is 335 g/mol. The molecule has 3 rings (SSSR count). The molecule has 3 aromatic rings. The Labute approximate surface area is 145 Å². The van der Waals surface area contributed by atoms with E-state index in [1.54, 1.807) is 30.2 Å². The van der Waals surface area contributed by atoms with Gasteiger partial charge in [0, 0.05) is 22.9 Å². The Hall–Kier alpha value is -2.79. The van der Waals surface area contributed by atoms with Crippen LogP contribution in [0.5, 0.6) is 0 Å². The van der Waals surface area contributed by atoms with E-state index in [0.29, 0.717) is 16.9 Å². The molecule has 0 saturated carbocycles. The molecule has 3 N–H and O–H groups in total. The van der Waals surface area contributed by atoms with Crippen molar-refractivity contribution in [1.29, 1.82) is 0 Å². The normalized spacial score (nSPS) is 10.4. The second-order valence-electron chi connectivity index (χ2n) is 5.22. The van der Waals surface area contributed by atoms with Crippen molar-refractivity contribution < 1.29 is 4.79 Å². The first-order valence-electron chi connectivity index (χ1n) is 7.42. The SMILES string of the molecule is CSc1ccc(C(=O)Nc2cc(-c3ccncc3)ccc2N)cc1. The zero-order chi connectivity index (χ0) is 16.9. The summed E-state index contributed by atoms with van der Waals surface area (Å²) in [7, 11) is 0. The zero-order valence-corrected chi connectivity index (χ0v) is 14.0. The van der Waals surface area contributed by atoms with Crippen molar-refractivity contribution in [3.05, 3.63) is 72.6 Å². The van der Waals surface area contributed by atoms with Gasteiger partial charge in [-0.25, -0.2) is 0 Å². The largest absolute Gasteiger partial charge is 0.397 e. The number of aromatic nitrogens is 1. The minimum atomic E-state index is -0.179. The Bertz CT molecular complexity index is 848. The van der Waals surface area contributed by atoms with Gasteiger partial charge in [0.15, 0.2) is 0 Å². The highest BCUT2D eigenvalue weighted by molar-refractivity contribution is 7.98. The van der Waals surface area contributed by atoms with Gasteiger partial charge in [0.1, 0.15) is 0 Å². The van der Waals surface area contributed by atoms with Crippen LogP contribution in [0.1, 0.15) is 10.4 Å². The third-order valence-corrected chi connectivity index (χ3v) is 4.41. The number of carbonyl (C=O) groups is 1. The molecule has 0 fully saturated rings. The molecule has 0 aliphatic rings. The summed E-state index contributed by atoms with van der Waals surface area (Å²) in [6.45, 7) is 0. The summed E-state index contributed by atoms with van der Waals surface area (Å²) in [6.07, 6.45) is 5.47. The molecule has 5 heteroatoms. The van der Waals surface area contributed by atoms with E-state index in [1.807, 2.05) is 54.8 Å². The van der Waals surface area contributed by atoms with Crippen molar-refractivity contribution in [2.75, 3.05) is 17.3 Å². The van der Waals surface area contributed by atoms with Crippen LogP contribution in [0.2, 0.25) is 0 Å². The lowest BCUT2D eigenvalue weighted by Gasteiger charge is -2.11. The van der Waals surface area contributed by atoms with Crippen molar-refractivity contribution in [3.8, 4) is 11.1 Å². The molecular formula is C19H17N3OS. The number of nitrogens with two attached hydrogens (primary N) is 1. The van der Waals surface area contributed by atoms with E-state index in [-0.39, 0.29) is 5.91 Å². The Balaban J connectivity index is 1.85. The number of hydrogen-bond donors (Lipinski definition) is 2. The fourth-order valence-corrected chi connectivity index (χ4v) is 2.73. The van der Waals surface area contributed by atoms with E-state index in [0.717, 1.165) is 16.0 Å². The molecule has 1 amide bonds. The number of carbonyl (C=O) groups excluding carboxylic acids is 1. The van der Waals surface area contributed by atoms with Crippen LogP contribution in [0, 0.1) is 0 Å². The van der Waals surface area contributed by atoms with Crippen molar-refractivity contribution in [1.82, 2.24) is 4.98 Å². The van der Waals surface area contributed by atoms with Gasteiger partial charge >= 0.3 is 0 Å². The first-order chi connectivity index (χ1) is 11.7. The van der Waals surface area contributed by atoms with E-state index in [1.165, 1.54) is 0 Å². The summed E-state index contributed by atoms with van der Waals surface area (Å²) in [6, 6.07) is 16.9. The highest BCUT2D eigenvalue weighted by Gasteiger charge is 2.09. The third kappa shape index (κ3) is 3.58. The van der Waals surface area contributed by atoms with E-state index in [4.69, 9.17) is 5.73 Å². The second kappa shape index (κ2) is 7.19. The monoisotopic (exact) mass is 335 g/mol. The maximum Gasteiger partial charge on any atom is 0.255 e. The van der Waals surface area contributed by atoms with Gasteiger partial charge in [-0.15, -0.1) is 11.8 Å². The first kappa shape index (κ1) is 16.1. The quantitative estimate of drug-likeness (QED) is 0.551. The Morgan fingerprint density at radius 3 is 2.38 bits per heavy atom. The van der Waals surface area contributed by atoms with E-state index < -0.39 is 0 Å². The topological polar surface area (TPSA) is 68.0 Å². The number of amides is 1. The minimum absolute atomic E-state index is 0.179. The van der Waals surface area contributed by atoms with Crippen LogP contribution in [0.4, 0.5) is 11.4 Å². The molecule has 2 aromatic carbocycles. The number of rotatable bonds is 4. The number of nitrogens with zero attached hydrogens (tertiary/aromatic N) is 1. The Morgan fingerprint density at radius 1 is 1.00 bits per heavy atom. The lowest BCUT2D eigenvalue weighted by atomic mass is 10.1. The van der Waals surface area contributed by atoms with Crippen molar-refractivity contribution in [2.45, 2.75) is 4.90 Å². The molecule has 0 bridgehead atoms. The van der Waals surface area contributed by atoms with Gasteiger partial charge in [0.05, 0.1) is 11.4 Å². The maximum absolute atomic E-state index is 12.4. The fraction of sp³-hybridized carbons (Fsp3) is 0.0526. The summed E-state index contributed by atoms with van der Waals surface area (Å²) < 4.78 is 0. The zero-order valence-electron chi connectivity index (χ0n) is 13.2. The summed E-state index contributed by atoms with van der Waals surface area (Å²) in [5.41, 5.74) is 9.73. The Morgan fingerprint density at radius 2 is 1.71 bits per heavy atom. The average Bonchev–Trinajstić information content (AvgIpc) is 2.64. The first-order valence-corrected chi connectivity index (χ1v) is 8.65. The molecule has 0 saturated heterocycles. The molecule has 0 unspecified atom stereocenters. The predicted octanol–water partition coefficient (Wildman–Crippen LogP) is 4.31. The van der Waals surface area contributed by atoms with Crippen molar-refractivity contribution >= 4 is 29.0 Å². The minimum Gasteiger partial charge on any atom is -0.397 e. The third-order valence-electron chi connectivity index (χ3n) is 3.67. The van der Waals surface area contributed by atoms with Crippen molar-refractivity contribution in [2.24, 2.45) is 0 Å². The molecule has 120 valence electrons. The maximum atomic E-state index is 12.4. The van der Waals surface area contributed by atoms with E-state index in [9.17, 15) is 4.79 Å². The van der Waals surface area contributed by atoms with Gasteiger partial charge in [0.2, 0.25) is 0 Å². The molecule has 24 heavy (non-hydrogen) atoms. The lowest BCUT2D eigenvalue weighted by Crippen LogP contribution is -2.13. The van der Waals surface area contributed by atoms with E-state index >= 15 is 0 Å². The highest BCUT2D eigenvalue weighted by Crippen LogP contribution is 2.27. The summed E-state index contributed by atoms with van der Waals surface area (Å²) in [5.74, 6) is -0.179. The molecular weight excluding hydrogens is 318 g/mol. The molecule has 0 aliphatic heterocycles. The lowest BCUT2D eigenvalue weighted by molar-refractivity contribution is 0.102. The van der Waals surface area contributed by atoms with Gasteiger partial charge in [-0.1, -0.05) is 6.07 Å². The van der Waals surface area contributed by atoms with Crippen LogP contribution in [0.3, 0.4) is 0 Å². The van der Waals surface area contributed by atoms with Gasteiger partial charge in [-0.2, -0.15) is 0 Å². The number of nitrogens with one attached hydrogen (secondary N) is 1. The highest BCUT2D eigenvalue weighted by atomic mass is 32.2. The van der Waals surface area contributed by atoms with Crippen LogP contribution >= 0.6 is 11.8 Å². The van der Waals surface area contributed by atoms with Gasteiger partial charge in [-0.3, -0.25) is 9.78 Å². The molecule has 0 radical (unpaired) electrons. The van der Waals surface area contributed by atoms with E-state index in [2.05, 4.69) is 10.3 Å².